The number of benzene rings is 1. The molecule has 1 aromatic carbocycles. The summed E-state index contributed by atoms with van der Waals surface area (Å²) in [6.07, 6.45) is 4.27. The Morgan fingerprint density at radius 1 is 1.17 bits per heavy atom. The fraction of sp³-hybridized carbons (Fsp3) is 0.520. The number of carbonyl (C=O) groups excluding carboxylic acids is 4. The summed E-state index contributed by atoms with van der Waals surface area (Å²) in [7, 11) is 2.77. The molecule has 10 heteroatoms. The Hall–Kier alpha value is -3.56. The first-order valence-electron chi connectivity index (χ1n) is 12.0. The van der Waals surface area contributed by atoms with Gasteiger partial charge in [0.15, 0.2) is 0 Å². The van der Waals surface area contributed by atoms with E-state index in [9.17, 15) is 19.2 Å². The highest BCUT2D eigenvalue weighted by molar-refractivity contribution is 6.05. The molecule has 10 nitrogen and oxygen atoms in total. The molecule has 3 amide bonds. The number of aromatic amines is 1. The molecule has 2 aliphatic rings. The van der Waals surface area contributed by atoms with Gasteiger partial charge >= 0.3 is 5.97 Å². The molecule has 2 fully saturated rings. The summed E-state index contributed by atoms with van der Waals surface area (Å²) >= 11 is 0. The molecule has 1 aliphatic heterocycles. The molecule has 2 heterocycles. The zero-order valence-corrected chi connectivity index (χ0v) is 20.0. The summed E-state index contributed by atoms with van der Waals surface area (Å²) in [6, 6.07) is 4.35. The van der Waals surface area contributed by atoms with Gasteiger partial charge in [-0.15, -0.1) is 0 Å². The van der Waals surface area contributed by atoms with Crippen molar-refractivity contribution in [2.24, 2.45) is 17.6 Å². The lowest BCUT2D eigenvalue weighted by Gasteiger charge is -2.30. The molecule has 3 atom stereocenters. The van der Waals surface area contributed by atoms with E-state index < -0.39 is 29.7 Å². The summed E-state index contributed by atoms with van der Waals surface area (Å²) in [4.78, 5) is 54.0. The standard InChI is InChI=1S/C25H32N4O6/c1-34-18-8-4-7-16-20(18)19(21(28-16)22(26)30)15(11-13-5-3-6-13)24(32)29-17(25(33)35-2)12-14-9-10-27-23(14)31/h4,7-8,13-15,17,28H,3,5-6,9-12H2,1-2H3,(H2,26,30)(H,27,31)(H,29,32)/t14-,15-,17-/m0/s1. The molecule has 0 unspecified atom stereocenters. The molecule has 1 aliphatic carbocycles. The quantitative estimate of drug-likeness (QED) is 0.377. The van der Waals surface area contributed by atoms with E-state index >= 15 is 0 Å². The predicted octanol–water partition coefficient (Wildman–Crippen LogP) is 1.73. The molecule has 1 saturated heterocycles. The minimum absolute atomic E-state index is 0.139. The monoisotopic (exact) mass is 484 g/mol. The van der Waals surface area contributed by atoms with E-state index in [1.54, 1.807) is 18.2 Å². The van der Waals surface area contributed by atoms with Crippen molar-refractivity contribution in [1.82, 2.24) is 15.6 Å². The lowest BCUT2D eigenvalue weighted by Crippen LogP contribution is -2.46. The maximum Gasteiger partial charge on any atom is 0.328 e. The van der Waals surface area contributed by atoms with Crippen LogP contribution in [0.15, 0.2) is 18.2 Å². The highest BCUT2D eigenvalue weighted by Crippen LogP contribution is 2.42. The second kappa shape index (κ2) is 10.4. The van der Waals surface area contributed by atoms with Crippen molar-refractivity contribution in [3.8, 4) is 5.75 Å². The summed E-state index contributed by atoms with van der Waals surface area (Å²) in [5.41, 5.74) is 6.97. The first-order valence-corrected chi connectivity index (χ1v) is 12.0. The molecule has 188 valence electrons. The van der Waals surface area contributed by atoms with Crippen LogP contribution in [-0.4, -0.2) is 55.5 Å². The van der Waals surface area contributed by atoms with E-state index in [2.05, 4.69) is 15.6 Å². The number of nitrogens with one attached hydrogen (secondary N) is 3. The van der Waals surface area contributed by atoms with E-state index in [1.165, 1.54) is 14.2 Å². The molecular weight excluding hydrogens is 452 g/mol. The van der Waals surface area contributed by atoms with Gasteiger partial charge in [-0.05, 0) is 37.3 Å². The fourth-order valence-electron chi connectivity index (χ4n) is 5.15. The topological polar surface area (TPSA) is 153 Å². The van der Waals surface area contributed by atoms with Crippen molar-refractivity contribution >= 4 is 34.6 Å². The lowest BCUT2D eigenvalue weighted by molar-refractivity contribution is -0.146. The van der Waals surface area contributed by atoms with Crippen molar-refractivity contribution in [3.05, 3.63) is 29.5 Å². The minimum Gasteiger partial charge on any atom is -0.496 e. The maximum atomic E-state index is 13.8. The van der Waals surface area contributed by atoms with Gasteiger partial charge < -0.3 is 30.8 Å². The van der Waals surface area contributed by atoms with E-state index in [-0.39, 0.29) is 23.9 Å². The number of esters is 1. The number of hydrogen-bond acceptors (Lipinski definition) is 6. The van der Waals surface area contributed by atoms with Crippen LogP contribution in [0.2, 0.25) is 0 Å². The normalized spacial score (nSPS) is 19.5. The second-order valence-corrected chi connectivity index (χ2v) is 9.34. The zero-order chi connectivity index (χ0) is 25.1. The largest absolute Gasteiger partial charge is 0.496 e. The number of carbonyl (C=O) groups is 4. The summed E-state index contributed by atoms with van der Waals surface area (Å²) in [6.45, 7) is 0.534. The number of primary amides is 1. The van der Waals surface area contributed by atoms with E-state index in [1.807, 2.05) is 0 Å². The number of amides is 3. The number of methoxy groups -OCH3 is 2. The highest BCUT2D eigenvalue weighted by Gasteiger charge is 2.37. The van der Waals surface area contributed by atoms with Crippen LogP contribution < -0.4 is 21.1 Å². The number of fused-ring (bicyclic) bond motifs is 1. The number of nitrogens with two attached hydrogens (primary N) is 1. The third kappa shape index (κ3) is 4.96. The average molecular weight is 485 g/mol. The van der Waals surface area contributed by atoms with Crippen LogP contribution in [0.25, 0.3) is 10.9 Å². The van der Waals surface area contributed by atoms with Crippen molar-refractivity contribution < 1.29 is 28.7 Å². The molecule has 0 bridgehead atoms. The van der Waals surface area contributed by atoms with Crippen LogP contribution in [0, 0.1) is 11.8 Å². The third-order valence-electron chi connectivity index (χ3n) is 7.23. The number of rotatable bonds is 10. The van der Waals surface area contributed by atoms with Gasteiger partial charge in [0.25, 0.3) is 5.91 Å². The average Bonchev–Trinajstić information content (AvgIpc) is 3.40. The molecule has 0 spiro atoms. The molecule has 0 radical (unpaired) electrons. The van der Waals surface area contributed by atoms with Gasteiger partial charge in [-0.2, -0.15) is 0 Å². The Morgan fingerprint density at radius 2 is 1.94 bits per heavy atom. The third-order valence-corrected chi connectivity index (χ3v) is 7.23. The maximum absolute atomic E-state index is 13.8. The van der Waals surface area contributed by atoms with Crippen molar-refractivity contribution in [1.29, 1.82) is 0 Å². The first kappa shape index (κ1) is 24.6. The van der Waals surface area contributed by atoms with Gasteiger partial charge in [0, 0.05) is 23.4 Å². The smallest absolute Gasteiger partial charge is 0.328 e. The predicted molar refractivity (Wildman–Crippen MR) is 128 cm³/mol. The van der Waals surface area contributed by atoms with Crippen LogP contribution in [0.1, 0.15) is 60.5 Å². The van der Waals surface area contributed by atoms with E-state index in [0.717, 1.165) is 19.3 Å². The summed E-state index contributed by atoms with van der Waals surface area (Å²) in [5.74, 6) is -2.18. The Kier molecular flexibility index (Phi) is 7.28. The minimum atomic E-state index is -0.991. The molecule has 4 rings (SSSR count). The molecular formula is C25H32N4O6. The number of hydrogen-bond donors (Lipinski definition) is 4. The Balaban J connectivity index is 1.72. The van der Waals surface area contributed by atoms with Gasteiger partial charge in [0.05, 0.1) is 25.7 Å². The van der Waals surface area contributed by atoms with Crippen LogP contribution >= 0.6 is 0 Å². The molecule has 35 heavy (non-hydrogen) atoms. The van der Waals surface area contributed by atoms with Crippen LogP contribution in [0.4, 0.5) is 0 Å². The summed E-state index contributed by atoms with van der Waals surface area (Å²) in [5, 5.41) is 6.19. The van der Waals surface area contributed by atoms with Crippen molar-refractivity contribution in [2.75, 3.05) is 20.8 Å². The number of aromatic nitrogens is 1. The first-order chi connectivity index (χ1) is 16.8. The van der Waals surface area contributed by atoms with Crippen LogP contribution in [-0.2, 0) is 19.1 Å². The van der Waals surface area contributed by atoms with E-state index in [0.29, 0.717) is 47.5 Å². The fourth-order valence-corrected chi connectivity index (χ4v) is 5.15. The summed E-state index contributed by atoms with van der Waals surface area (Å²) < 4.78 is 10.5. The van der Waals surface area contributed by atoms with Gasteiger partial charge in [-0.25, -0.2) is 4.79 Å². The van der Waals surface area contributed by atoms with Crippen molar-refractivity contribution in [3.63, 3.8) is 0 Å². The van der Waals surface area contributed by atoms with Gasteiger partial charge in [0.1, 0.15) is 17.5 Å². The van der Waals surface area contributed by atoms with Crippen molar-refractivity contribution in [2.45, 2.75) is 50.5 Å². The lowest BCUT2D eigenvalue weighted by atomic mass is 9.76. The Labute approximate surface area is 203 Å². The van der Waals surface area contributed by atoms with Crippen LogP contribution in [0.3, 0.4) is 0 Å². The molecule has 1 aromatic heterocycles. The highest BCUT2D eigenvalue weighted by atomic mass is 16.5. The van der Waals surface area contributed by atoms with Crippen LogP contribution in [0.5, 0.6) is 5.75 Å². The number of H-pyrrole nitrogens is 1. The van der Waals surface area contributed by atoms with Gasteiger partial charge in [0.2, 0.25) is 11.8 Å². The molecule has 2 aromatic rings. The molecule has 1 saturated carbocycles. The van der Waals surface area contributed by atoms with Gasteiger partial charge in [-0.3, -0.25) is 14.4 Å². The Morgan fingerprint density at radius 3 is 2.51 bits per heavy atom. The molecule has 5 N–H and O–H groups in total. The number of ether oxygens (including phenoxy) is 2. The SMILES string of the molecule is COC(=O)[C@H](C[C@@H]1CCNC1=O)NC(=O)[C@@H](CC1CCC1)c1c(C(N)=O)[nH]c2cccc(OC)c12. The van der Waals surface area contributed by atoms with E-state index in [4.69, 9.17) is 15.2 Å². The second-order valence-electron chi connectivity index (χ2n) is 9.34. The Bertz CT molecular complexity index is 1140. The zero-order valence-electron chi connectivity index (χ0n) is 20.0. The van der Waals surface area contributed by atoms with Gasteiger partial charge in [-0.1, -0.05) is 25.3 Å².